The van der Waals surface area contributed by atoms with Gasteiger partial charge in [-0.1, -0.05) is 35.1 Å². The first-order valence-corrected chi connectivity index (χ1v) is 5.25. The van der Waals surface area contributed by atoms with Gasteiger partial charge in [0.15, 0.2) is 3.82 Å². The average Bonchev–Trinajstić information content (AvgIpc) is 2.47. The van der Waals surface area contributed by atoms with Gasteiger partial charge in [0.25, 0.3) is 0 Å². The number of nitrogens with zero attached hydrogens (tertiary/aromatic N) is 2. The minimum Gasteiger partial charge on any atom is -0.0618 e. The standard InChI is InChI=1S/C8H7N2S3/c11-8-6-9(10(12)13-8)7-4-2-1-3-5-7/h1-6,12H/q+1. The Morgan fingerprint density at radius 3 is 2.54 bits per heavy atom. The Bertz CT molecular complexity index is 458. The normalized spacial score (nSPS) is 10.2. The van der Waals surface area contributed by atoms with Gasteiger partial charge in [-0.2, -0.15) is 0 Å². The molecule has 2 nitrogen and oxygen atoms in total. The third kappa shape index (κ3) is 1.82. The maximum Gasteiger partial charge on any atom is 0.237 e. The molecule has 0 aliphatic carbocycles. The molecule has 0 atom stereocenters. The maximum absolute atomic E-state index is 5.05. The fourth-order valence-electron chi connectivity index (χ4n) is 1.05. The summed E-state index contributed by atoms with van der Waals surface area (Å²) >= 11 is 10.7. The van der Waals surface area contributed by atoms with E-state index in [1.807, 2.05) is 41.2 Å². The number of benzene rings is 1. The number of rotatable bonds is 1. The van der Waals surface area contributed by atoms with Gasteiger partial charge in [0.1, 0.15) is 0 Å². The Morgan fingerprint density at radius 1 is 1.31 bits per heavy atom. The van der Waals surface area contributed by atoms with E-state index in [1.54, 1.807) is 3.48 Å². The molecule has 0 spiro atoms. The van der Waals surface area contributed by atoms with Crippen LogP contribution in [0.25, 0.3) is 5.69 Å². The Labute approximate surface area is 90.7 Å². The average molecular weight is 227 g/mol. The summed E-state index contributed by atoms with van der Waals surface area (Å²) in [5.41, 5.74) is 1.06. The zero-order valence-electron chi connectivity index (χ0n) is 6.62. The Kier molecular flexibility index (Phi) is 2.48. The van der Waals surface area contributed by atoms with Crippen molar-refractivity contribution in [2.75, 3.05) is 0 Å². The minimum absolute atomic E-state index is 0.818. The highest BCUT2D eigenvalue weighted by Crippen LogP contribution is 2.04. The van der Waals surface area contributed by atoms with Gasteiger partial charge < -0.3 is 0 Å². The predicted octanol–water partition coefficient (Wildman–Crippen LogP) is 2.25. The van der Waals surface area contributed by atoms with E-state index in [4.69, 9.17) is 12.2 Å². The second kappa shape index (κ2) is 3.61. The summed E-state index contributed by atoms with van der Waals surface area (Å²) in [5.74, 6) is 0. The van der Waals surface area contributed by atoms with Gasteiger partial charge >= 0.3 is 0 Å². The Balaban J connectivity index is 2.59. The van der Waals surface area contributed by atoms with Gasteiger partial charge in [0, 0.05) is 36.5 Å². The summed E-state index contributed by atoms with van der Waals surface area (Å²) in [5, 5.41) is 0. The van der Waals surface area contributed by atoms with Crippen LogP contribution in [0.4, 0.5) is 0 Å². The van der Waals surface area contributed by atoms with Crippen LogP contribution in [-0.4, -0.2) is 3.48 Å². The lowest BCUT2D eigenvalue weighted by Crippen LogP contribution is -2.35. The molecule has 0 saturated heterocycles. The first kappa shape index (κ1) is 8.93. The maximum atomic E-state index is 5.05. The summed E-state index contributed by atoms with van der Waals surface area (Å²) in [4.78, 5) is 0. The highest BCUT2D eigenvalue weighted by atomic mass is 32.2. The third-order valence-corrected chi connectivity index (χ3v) is 3.00. The van der Waals surface area contributed by atoms with Gasteiger partial charge in [0.2, 0.25) is 11.9 Å². The lowest BCUT2D eigenvalue weighted by atomic mass is 10.3. The topological polar surface area (TPSA) is 8.81 Å². The lowest BCUT2D eigenvalue weighted by molar-refractivity contribution is -0.660. The van der Waals surface area contributed by atoms with Gasteiger partial charge in [-0.15, -0.1) is 0 Å². The van der Waals surface area contributed by atoms with Crippen LogP contribution >= 0.6 is 36.6 Å². The van der Waals surface area contributed by atoms with E-state index in [-0.39, 0.29) is 0 Å². The van der Waals surface area contributed by atoms with E-state index in [2.05, 4.69) is 12.8 Å². The molecule has 0 N–H and O–H groups in total. The molecule has 13 heavy (non-hydrogen) atoms. The van der Waals surface area contributed by atoms with Crippen LogP contribution in [0.3, 0.4) is 0 Å². The largest absolute Gasteiger partial charge is 0.237 e. The van der Waals surface area contributed by atoms with Crippen LogP contribution in [0, 0.1) is 3.82 Å². The van der Waals surface area contributed by atoms with Gasteiger partial charge in [-0.05, 0) is 3.48 Å². The molecule has 66 valence electrons. The number of thiol groups is 1. The first-order valence-electron chi connectivity index (χ1n) is 3.67. The van der Waals surface area contributed by atoms with Crippen LogP contribution in [-0.2, 0) is 0 Å². The quantitative estimate of drug-likeness (QED) is 0.446. The Hall–Kier alpha value is -0.650. The van der Waals surface area contributed by atoms with Crippen molar-refractivity contribution in [3.63, 3.8) is 0 Å². The zero-order valence-corrected chi connectivity index (χ0v) is 9.15. The molecular formula is C8H7N2S3+. The zero-order chi connectivity index (χ0) is 9.26. The first-order chi connectivity index (χ1) is 6.27. The summed E-state index contributed by atoms with van der Waals surface area (Å²) < 4.78 is 4.42. The molecule has 1 aromatic carbocycles. The van der Waals surface area contributed by atoms with E-state index in [1.165, 1.54) is 11.5 Å². The van der Waals surface area contributed by atoms with Crippen molar-refractivity contribution in [1.29, 1.82) is 0 Å². The molecule has 0 aliphatic rings. The molecule has 2 rings (SSSR count). The molecule has 0 bridgehead atoms. The number of hydrogen-bond acceptors (Lipinski definition) is 3. The molecule has 0 amide bonds. The van der Waals surface area contributed by atoms with Crippen molar-refractivity contribution < 1.29 is 4.68 Å². The van der Waals surface area contributed by atoms with Crippen molar-refractivity contribution in [3.8, 4) is 5.69 Å². The summed E-state index contributed by atoms with van der Waals surface area (Å²) in [6.07, 6.45) is 1.88. The number of aromatic nitrogens is 2. The third-order valence-electron chi connectivity index (χ3n) is 1.60. The highest BCUT2D eigenvalue weighted by molar-refractivity contribution is 7.81. The summed E-state index contributed by atoms with van der Waals surface area (Å²) in [6, 6.07) is 9.96. The molecular weight excluding hydrogens is 220 g/mol. The molecule has 2 aromatic rings. The van der Waals surface area contributed by atoms with Crippen LogP contribution in [0.1, 0.15) is 0 Å². The van der Waals surface area contributed by atoms with E-state index in [0.29, 0.717) is 0 Å². The highest BCUT2D eigenvalue weighted by Gasteiger charge is 2.10. The molecule has 0 aliphatic heterocycles. The molecule has 5 heteroatoms. The van der Waals surface area contributed by atoms with E-state index < -0.39 is 0 Å². The van der Waals surface area contributed by atoms with Crippen molar-refractivity contribution in [3.05, 3.63) is 40.4 Å². The second-order valence-corrected chi connectivity index (χ2v) is 4.79. The fraction of sp³-hybridized carbons (Fsp3) is 0. The van der Waals surface area contributed by atoms with Gasteiger partial charge in [0.05, 0.1) is 0 Å². The van der Waals surface area contributed by atoms with Gasteiger partial charge in [-0.25, -0.2) is 0 Å². The fourth-order valence-corrected chi connectivity index (χ4v) is 2.48. The monoisotopic (exact) mass is 227 g/mol. The molecule has 1 aromatic heterocycles. The van der Waals surface area contributed by atoms with Crippen molar-refractivity contribution in [1.82, 2.24) is 3.48 Å². The van der Waals surface area contributed by atoms with Gasteiger partial charge in [-0.3, -0.25) is 0 Å². The van der Waals surface area contributed by atoms with Crippen LogP contribution in [0.15, 0.2) is 36.5 Å². The summed E-state index contributed by atoms with van der Waals surface area (Å²) in [6.45, 7) is 0. The number of para-hydroxylation sites is 1. The molecule has 1 heterocycles. The van der Waals surface area contributed by atoms with Crippen molar-refractivity contribution in [2.45, 2.75) is 0 Å². The predicted molar refractivity (Wildman–Crippen MR) is 59.1 cm³/mol. The van der Waals surface area contributed by atoms with Crippen LogP contribution in [0.2, 0.25) is 0 Å². The SMILES string of the molecule is S=c1c[n+](-c2ccccc2)n(S)s1. The molecule has 0 saturated carbocycles. The minimum atomic E-state index is 0.818. The van der Waals surface area contributed by atoms with Crippen LogP contribution < -0.4 is 4.68 Å². The number of hydrogen-bond donors (Lipinski definition) is 1. The van der Waals surface area contributed by atoms with E-state index >= 15 is 0 Å². The molecule has 0 fully saturated rings. The summed E-state index contributed by atoms with van der Waals surface area (Å²) in [7, 11) is 0. The van der Waals surface area contributed by atoms with Crippen molar-refractivity contribution in [2.24, 2.45) is 0 Å². The van der Waals surface area contributed by atoms with Crippen LogP contribution in [0.5, 0.6) is 0 Å². The lowest BCUT2D eigenvalue weighted by Gasteiger charge is -1.91. The van der Waals surface area contributed by atoms with E-state index in [0.717, 1.165) is 9.51 Å². The van der Waals surface area contributed by atoms with Crippen molar-refractivity contribution >= 4 is 36.6 Å². The smallest absolute Gasteiger partial charge is 0.0618 e. The second-order valence-electron chi connectivity index (χ2n) is 2.47. The molecule has 0 unspecified atom stereocenters. The Morgan fingerprint density at radius 2 is 2.00 bits per heavy atom. The van der Waals surface area contributed by atoms with E-state index in [9.17, 15) is 0 Å². The molecule has 0 radical (unpaired) electrons.